The van der Waals surface area contributed by atoms with Crippen molar-refractivity contribution < 1.29 is 4.74 Å². The van der Waals surface area contributed by atoms with Gasteiger partial charge in [-0.05, 0) is 42.9 Å². The Balaban J connectivity index is 0.00000161. The number of benzene rings is 1. The number of nitrogens with two attached hydrogens (primary N) is 1. The lowest BCUT2D eigenvalue weighted by atomic mass is 10.2. The van der Waals surface area contributed by atoms with Crippen molar-refractivity contribution in [2.24, 2.45) is 11.7 Å². The molecule has 118 valence electrons. The number of hydrogen-bond acceptors (Lipinski definition) is 3. The maximum Gasteiger partial charge on any atom is 0.156 e. The smallest absolute Gasteiger partial charge is 0.156 e. The Bertz CT molecular complexity index is 471. The summed E-state index contributed by atoms with van der Waals surface area (Å²) in [5, 5.41) is 1.22. The second-order valence-electron chi connectivity index (χ2n) is 5.93. The molecule has 0 unspecified atom stereocenters. The number of nitrogens with zero attached hydrogens (tertiary/aromatic N) is 1. The van der Waals surface area contributed by atoms with Crippen molar-refractivity contribution in [3.63, 3.8) is 0 Å². The van der Waals surface area contributed by atoms with Gasteiger partial charge in [-0.2, -0.15) is 0 Å². The Kier molecular flexibility index (Phi) is 6.04. The molecule has 0 spiro atoms. The van der Waals surface area contributed by atoms with E-state index in [1.807, 2.05) is 12.1 Å². The van der Waals surface area contributed by atoms with Gasteiger partial charge in [0, 0.05) is 25.7 Å². The molecule has 3 rings (SSSR count). The van der Waals surface area contributed by atoms with Crippen molar-refractivity contribution in [1.82, 2.24) is 4.90 Å². The molecular formula is C15H21Cl3N2O. The second-order valence-corrected chi connectivity index (χ2v) is 6.74. The highest BCUT2D eigenvalue weighted by Gasteiger charge is 2.23. The minimum atomic E-state index is 0. The molecule has 6 heteroatoms. The van der Waals surface area contributed by atoms with Crippen LogP contribution < -0.4 is 10.5 Å². The first-order valence-electron chi connectivity index (χ1n) is 7.20. The SMILES string of the molecule is Cl.N[C@@H]1CCN(Cc2cc(Cl)c(OCC3CC3)c(Cl)c2)C1. The number of ether oxygens (including phenoxy) is 1. The zero-order chi connectivity index (χ0) is 14.1. The van der Waals surface area contributed by atoms with Crippen molar-refractivity contribution in [3.05, 3.63) is 27.7 Å². The van der Waals surface area contributed by atoms with E-state index in [0.717, 1.165) is 38.2 Å². The van der Waals surface area contributed by atoms with E-state index in [-0.39, 0.29) is 12.4 Å². The van der Waals surface area contributed by atoms with Gasteiger partial charge in [0.2, 0.25) is 0 Å². The highest BCUT2D eigenvalue weighted by molar-refractivity contribution is 6.37. The Hall–Kier alpha value is -0.190. The normalized spacial score (nSPS) is 22.1. The highest BCUT2D eigenvalue weighted by Crippen LogP contribution is 2.37. The summed E-state index contributed by atoms with van der Waals surface area (Å²) in [5.41, 5.74) is 7.04. The van der Waals surface area contributed by atoms with Crippen LogP contribution in [0.3, 0.4) is 0 Å². The lowest BCUT2D eigenvalue weighted by Crippen LogP contribution is -2.26. The van der Waals surface area contributed by atoms with Gasteiger partial charge in [0.05, 0.1) is 16.7 Å². The third-order valence-electron chi connectivity index (χ3n) is 3.93. The van der Waals surface area contributed by atoms with Crippen LogP contribution in [0.25, 0.3) is 0 Å². The van der Waals surface area contributed by atoms with Gasteiger partial charge in [-0.15, -0.1) is 12.4 Å². The summed E-state index contributed by atoms with van der Waals surface area (Å²) in [5.74, 6) is 1.31. The molecule has 21 heavy (non-hydrogen) atoms. The van der Waals surface area contributed by atoms with Gasteiger partial charge < -0.3 is 10.5 Å². The Labute approximate surface area is 142 Å². The number of halogens is 3. The molecule has 1 aromatic rings. The third-order valence-corrected chi connectivity index (χ3v) is 4.49. The van der Waals surface area contributed by atoms with Gasteiger partial charge in [-0.3, -0.25) is 4.90 Å². The van der Waals surface area contributed by atoms with Gasteiger partial charge in [0.1, 0.15) is 0 Å². The Morgan fingerprint density at radius 1 is 1.19 bits per heavy atom. The molecule has 1 saturated carbocycles. The lowest BCUT2D eigenvalue weighted by molar-refractivity contribution is 0.299. The minimum absolute atomic E-state index is 0. The first kappa shape index (κ1) is 17.2. The van der Waals surface area contributed by atoms with Gasteiger partial charge in [-0.1, -0.05) is 23.2 Å². The molecule has 3 nitrogen and oxygen atoms in total. The maximum absolute atomic E-state index is 6.30. The summed E-state index contributed by atoms with van der Waals surface area (Å²) in [6.45, 7) is 3.54. The molecule has 1 aliphatic carbocycles. The molecule has 0 radical (unpaired) electrons. The molecule has 1 heterocycles. The summed E-state index contributed by atoms with van der Waals surface area (Å²) in [6.07, 6.45) is 3.56. The van der Waals surface area contributed by atoms with Crippen LogP contribution in [0.4, 0.5) is 0 Å². The van der Waals surface area contributed by atoms with E-state index in [1.54, 1.807) is 0 Å². The topological polar surface area (TPSA) is 38.5 Å². The predicted octanol–water partition coefficient (Wildman–Crippen LogP) is 3.74. The van der Waals surface area contributed by atoms with Crippen LogP contribution in [0.1, 0.15) is 24.8 Å². The van der Waals surface area contributed by atoms with E-state index < -0.39 is 0 Å². The average Bonchev–Trinajstić information content (AvgIpc) is 3.11. The fourth-order valence-electron chi connectivity index (χ4n) is 2.59. The fraction of sp³-hybridized carbons (Fsp3) is 0.600. The summed E-state index contributed by atoms with van der Waals surface area (Å²) >= 11 is 12.6. The zero-order valence-corrected chi connectivity index (χ0v) is 14.2. The van der Waals surface area contributed by atoms with Crippen LogP contribution in [0.2, 0.25) is 10.0 Å². The first-order valence-corrected chi connectivity index (χ1v) is 7.96. The molecule has 1 saturated heterocycles. The summed E-state index contributed by atoms with van der Waals surface area (Å²) < 4.78 is 5.74. The molecule has 1 aliphatic heterocycles. The molecular weight excluding hydrogens is 331 g/mol. The van der Waals surface area contributed by atoms with E-state index in [1.165, 1.54) is 12.8 Å². The van der Waals surface area contributed by atoms with Crippen molar-refractivity contribution in [3.8, 4) is 5.75 Å². The molecule has 2 N–H and O–H groups in total. The van der Waals surface area contributed by atoms with E-state index >= 15 is 0 Å². The molecule has 0 amide bonds. The Morgan fingerprint density at radius 3 is 2.38 bits per heavy atom. The van der Waals surface area contributed by atoms with Crippen molar-refractivity contribution in [1.29, 1.82) is 0 Å². The van der Waals surface area contributed by atoms with E-state index in [2.05, 4.69) is 4.90 Å². The van der Waals surface area contributed by atoms with Crippen LogP contribution in [0.5, 0.6) is 5.75 Å². The number of rotatable bonds is 5. The second kappa shape index (κ2) is 7.38. The number of likely N-dealkylation sites (tertiary alicyclic amines) is 1. The highest BCUT2D eigenvalue weighted by atomic mass is 35.5. The van der Waals surface area contributed by atoms with Crippen LogP contribution in [-0.2, 0) is 6.54 Å². The summed E-state index contributed by atoms with van der Waals surface area (Å²) in [6, 6.07) is 4.21. The van der Waals surface area contributed by atoms with Gasteiger partial charge in [-0.25, -0.2) is 0 Å². The molecule has 2 fully saturated rings. The van der Waals surface area contributed by atoms with Gasteiger partial charge in [0.25, 0.3) is 0 Å². The third kappa shape index (κ3) is 4.64. The van der Waals surface area contributed by atoms with Gasteiger partial charge in [0.15, 0.2) is 5.75 Å². The van der Waals surface area contributed by atoms with E-state index in [0.29, 0.717) is 27.8 Å². The van der Waals surface area contributed by atoms with E-state index in [4.69, 9.17) is 33.7 Å². The molecule has 0 aromatic heterocycles. The zero-order valence-electron chi connectivity index (χ0n) is 11.9. The summed E-state index contributed by atoms with van der Waals surface area (Å²) in [4.78, 5) is 2.33. The average molecular weight is 352 g/mol. The lowest BCUT2D eigenvalue weighted by Gasteiger charge is -2.17. The molecule has 2 aliphatic rings. The van der Waals surface area contributed by atoms with Crippen LogP contribution in [0.15, 0.2) is 12.1 Å². The van der Waals surface area contributed by atoms with Gasteiger partial charge >= 0.3 is 0 Å². The van der Waals surface area contributed by atoms with Crippen LogP contribution >= 0.6 is 35.6 Å². The monoisotopic (exact) mass is 350 g/mol. The minimum Gasteiger partial charge on any atom is -0.490 e. The predicted molar refractivity (Wildman–Crippen MR) is 89.8 cm³/mol. The van der Waals surface area contributed by atoms with E-state index in [9.17, 15) is 0 Å². The fourth-order valence-corrected chi connectivity index (χ4v) is 3.23. The first-order chi connectivity index (χ1) is 9.61. The molecule has 1 aromatic carbocycles. The Morgan fingerprint density at radius 2 is 1.86 bits per heavy atom. The standard InChI is InChI=1S/C15H20Cl2N2O.ClH/c16-13-5-11(7-19-4-3-12(18)8-19)6-14(17)15(13)20-9-10-1-2-10;/h5-6,10,12H,1-4,7-9,18H2;1H/t12-;/m1./s1. The maximum atomic E-state index is 6.30. The van der Waals surface area contributed by atoms with Crippen molar-refractivity contribution in [2.45, 2.75) is 31.8 Å². The largest absolute Gasteiger partial charge is 0.490 e. The van der Waals surface area contributed by atoms with Crippen molar-refractivity contribution in [2.75, 3.05) is 19.7 Å². The summed E-state index contributed by atoms with van der Waals surface area (Å²) in [7, 11) is 0. The van der Waals surface area contributed by atoms with Crippen molar-refractivity contribution >= 4 is 35.6 Å². The number of hydrogen-bond donors (Lipinski definition) is 1. The molecule has 1 atom stereocenters. The quantitative estimate of drug-likeness (QED) is 0.878. The molecule has 0 bridgehead atoms. The van der Waals surface area contributed by atoms with Crippen LogP contribution in [-0.4, -0.2) is 30.6 Å². The van der Waals surface area contributed by atoms with Crippen LogP contribution in [0, 0.1) is 5.92 Å².